The van der Waals surface area contributed by atoms with Crippen molar-refractivity contribution < 1.29 is 27.5 Å². The van der Waals surface area contributed by atoms with Gasteiger partial charge in [-0.3, -0.25) is 14.4 Å². The van der Waals surface area contributed by atoms with Crippen LogP contribution in [0.1, 0.15) is 24.4 Å². The van der Waals surface area contributed by atoms with Gasteiger partial charge in [0.2, 0.25) is 11.8 Å². The standard InChI is InChI=1S/C19H24N2O6S/c1-27-19(24)15-10-14-11-20(16(22)8-9-28(2,25)26)12-17(23)21(14)18(15)13-6-4-3-5-7-13/h3-7,14-15,18H,8-12H2,1-2H3/t14-,15-,18-/m0/s1. The molecule has 1 aromatic rings. The van der Waals surface area contributed by atoms with Crippen LogP contribution in [0.4, 0.5) is 0 Å². The molecule has 0 N–H and O–H groups in total. The summed E-state index contributed by atoms with van der Waals surface area (Å²) in [6, 6.07) is 8.58. The van der Waals surface area contributed by atoms with Gasteiger partial charge in [0.25, 0.3) is 0 Å². The zero-order chi connectivity index (χ0) is 20.5. The van der Waals surface area contributed by atoms with Crippen LogP contribution < -0.4 is 0 Å². The van der Waals surface area contributed by atoms with Crippen LogP contribution in [-0.4, -0.2) is 74.3 Å². The highest BCUT2D eigenvalue weighted by Crippen LogP contribution is 2.43. The molecule has 2 fully saturated rings. The van der Waals surface area contributed by atoms with Gasteiger partial charge in [0.1, 0.15) is 9.84 Å². The number of rotatable bonds is 5. The SMILES string of the molecule is COC(=O)[C@H]1C[C@H]2CN(C(=O)CCS(C)(=O)=O)CC(=O)N2[C@H]1c1ccccc1. The molecule has 3 rings (SSSR count). The zero-order valence-electron chi connectivity index (χ0n) is 15.9. The lowest BCUT2D eigenvalue weighted by Gasteiger charge is -2.40. The summed E-state index contributed by atoms with van der Waals surface area (Å²) in [5.41, 5.74) is 0.852. The Hall–Kier alpha value is -2.42. The summed E-state index contributed by atoms with van der Waals surface area (Å²) < 4.78 is 27.6. The smallest absolute Gasteiger partial charge is 0.311 e. The van der Waals surface area contributed by atoms with Crippen LogP contribution in [0, 0.1) is 5.92 Å². The number of hydrogen-bond donors (Lipinski definition) is 0. The Balaban J connectivity index is 1.82. The highest BCUT2D eigenvalue weighted by atomic mass is 32.2. The lowest BCUT2D eigenvalue weighted by Crippen LogP contribution is -2.56. The van der Waals surface area contributed by atoms with Crippen molar-refractivity contribution in [3.8, 4) is 0 Å². The third-order valence-corrected chi connectivity index (χ3v) is 6.28. The normalized spacial score (nSPS) is 24.8. The van der Waals surface area contributed by atoms with Crippen LogP contribution in [0.15, 0.2) is 30.3 Å². The van der Waals surface area contributed by atoms with Gasteiger partial charge in [0.05, 0.1) is 37.4 Å². The van der Waals surface area contributed by atoms with Crippen LogP contribution in [-0.2, 0) is 29.0 Å². The largest absolute Gasteiger partial charge is 0.469 e. The van der Waals surface area contributed by atoms with E-state index in [1.807, 2.05) is 30.3 Å². The summed E-state index contributed by atoms with van der Waals surface area (Å²) in [6.07, 6.45) is 1.32. The summed E-state index contributed by atoms with van der Waals surface area (Å²) in [5.74, 6) is -1.75. The molecule has 152 valence electrons. The lowest BCUT2D eigenvalue weighted by atomic mass is 9.93. The number of amides is 2. The Morgan fingerprint density at radius 3 is 2.50 bits per heavy atom. The molecule has 2 saturated heterocycles. The second-order valence-electron chi connectivity index (χ2n) is 7.33. The molecule has 0 aliphatic carbocycles. The number of piperazine rings is 1. The van der Waals surface area contributed by atoms with Crippen LogP contribution in [0.3, 0.4) is 0 Å². The van der Waals surface area contributed by atoms with Gasteiger partial charge < -0.3 is 14.5 Å². The van der Waals surface area contributed by atoms with Crippen molar-refractivity contribution in [3.05, 3.63) is 35.9 Å². The first-order valence-corrected chi connectivity index (χ1v) is 11.2. The number of carbonyl (C=O) groups is 3. The molecular formula is C19H24N2O6S. The highest BCUT2D eigenvalue weighted by Gasteiger charge is 2.51. The number of sulfone groups is 1. The van der Waals surface area contributed by atoms with E-state index in [0.717, 1.165) is 11.8 Å². The predicted octanol–water partition coefficient (Wildman–Crippen LogP) is 0.395. The van der Waals surface area contributed by atoms with Gasteiger partial charge in [-0.1, -0.05) is 30.3 Å². The molecule has 2 aliphatic rings. The minimum Gasteiger partial charge on any atom is -0.469 e. The van der Waals surface area contributed by atoms with Crippen molar-refractivity contribution in [2.45, 2.75) is 24.9 Å². The fourth-order valence-corrected chi connectivity index (χ4v) is 4.63. The van der Waals surface area contributed by atoms with Crippen LogP contribution in [0.2, 0.25) is 0 Å². The van der Waals surface area contributed by atoms with E-state index in [4.69, 9.17) is 4.74 Å². The Bertz CT molecular complexity index is 870. The average Bonchev–Trinajstić information content (AvgIpc) is 3.05. The van der Waals surface area contributed by atoms with E-state index >= 15 is 0 Å². The molecule has 0 unspecified atom stereocenters. The number of ether oxygens (including phenoxy) is 1. The Kier molecular flexibility index (Phi) is 5.74. The predicted molar refractivity (Wildman–Crippen MR) is 101 cm³/mol. The zero-order valence-corrected chi connectivity index (χ0v) is 16.7. The molecule has 2 heterocycles. The van der Waals surface area contributed by atoms with Crippen molar-refractivity contribution in [1.82, 2.24) is 9.80 Å². The molecule has 0 spiro atoms. The van der Waals surface area contributed by atoms with E-state index in [1.54, 1.807) is 4.90 Å². The quantitative estimate of drug-likeness (QED) is 0.654. The average molecular weight is 408 g/mol. The second kappa shape index (κ2) is 7.90. The van der Waals surface area contributed by atoms with Gasteiger partial charge >= 0.3 is 5.97 Å². The maximum absolute atomic E-state index is 12.9. The van der Waals surface area contributed by atoms with Crippen molar-refractivity contribution >= 4 is 27.6 Å². The number of fused-ring (bicyclic) bond motifs is 1. The number of benzene rings is 1. The first-order valence-electron chi connectivity index (χ1n) is 9.10. The van der Waals surface area contributed by atoms with Gasteiger partial charge in [-0.2, -0.15) is 0 Å². The van der Waals surface area contributed by atoms with Crippen molar-refractivity contribution in [2.75, 3.05) is 32.2 Å². The van der Waals surface area contributed by atoms with Crippen molar-refractivity contribution in [2.24, 2.45) is 5.92 Å². The van der Waals surface area contributed by atoms with Crippen LogP contribution >= 0.6 is 0 Å². The molecule has 28 heavy (non-hydrogen) atoms. The Morgan fingerprint density at radius 1 is 1.21 bits per heavy atom. The summed E-state index contributed by atoms with van der Waals surface area (Å²) >= 11 is 0. The van der Waals surface area contributed by atoms with Crippen molar-refractivity contribution in [1.29, 1.82) is 0 Å². The minimum absolute atomic E-state index is 0.115. The lowest BCUT2D eigenvalue weighted by molar-refractivity contribution is -0.150. The topological polar surface area (TPSA) is 101 Å². The summed E-state index contributed by atoms with van der Waals surface area (Å²) in [5, 5.41) is 0. The van der Waals surface area contributed by atoms with E-state index < -0.39 is 21.8 Å². The summed E-state index contributed by atoms with van der Waals surface area (Å²) in [7, 11) is -1.94. The van der Waals surface area contributed by atoms with E-state index in [0.29, 0.717) is 6.42 Å². The Morgan fingerprint density at radius 2 is 1.89 bits per heavy atom. The van der Waals surface area contributed by atoms with Gasteiger partial charge in [0.15, 0.2) is 0 Å². The molecule has 8 nitrogen and oxygen atoms in total. The monoisotopic (exact) mass is 408 g/mol. The molecule has 0 bridgehead atoms. The van der Waals surface area contributed by atoms with Crippen molar-refractivity contribution in [3.63, 3.8) is 0 Å². The highest BCUT2D eigenvalue weighted by molar-refractivity contribution is 7.90. The van der Waals surface area contributed by atoms with Gasteiger partial charge in [-0.15, -0.1) is 0 Å². The molecule has 2 amide bonds. The van der Waals surface area contributed by atoms with Gasteiger partial charge in [-0.25, -0.2) is 8.42 Å². The minimum atomic E-state index is -3.26. The third-order valence-electron chi connectivity index (χ3n) is 5.33. The number of nitrogens with zero attached hydrogens (tertiary/aromatic N) is 2. The van der Waals surface area contributed by atoms with E-state index in [-0.39, 0.29) is 49.1 Å². The first kappa shape index (κ1) is 20.3. The molecule has 9 heteroatoms. The third kappa shape index (κ3) is 4.19. The van der Waals surface area contributed by atoms with Gasteiger partial charge in [0, 0.05) is 19.2 Å². The number of carbonyl (C=O) groups excluding carboxylic acids is 3. The summed E-state index contributed by atoms with van der Waals surface area (Å²) in [4.78, 5) is 40.8. The van der Waals surface area contributed by atoms with Crippen LogP contribution in [0.5, 0.6) is 0 Å². The summed E-state index contributed by atoms with van der Waals surface area (Å²) in [6.45, 7) is 0.168. The number of esters is 1. The van der Waals surface area contributed by atoms with E-state index in [2.05, 4.69) is 0 Å². The van der Waals surface area contributed by atoms with E-state index in [1.165, 1.54) is 12.0 Å². The number of methoxy groups -OCH3 is 1. The fourth-order valence-electron chi connectivity index (χ4n) is 4.08. The van der Waals surface area contributed by atoms with Gasteiger partial charge in [-0.05, 0) is 12.0 Å². The van der Waals surface area contributed by atoms with E-state index in [9.17, 15) is 22.8 Å². The Labute approximate surface area is 164 Å². The molecule has 3 atom stereocenters. The fraction of sp³-hybridized carbons (Fsp3) is 0.526. The first-order chi connectivity index (χ1) is 13.2. The molecule has 0 saturated carbocycles. The molecule has 2 aliphatic heterocycles. The maximum Gasteiger partial charge on any atom is 0.311 e. The van der Waals surface area contributed by atoms with Crippen LogP contribution in [0.25, 0.3) is 0 Å². The molecule has 0 radical (unpaired) electrons. The molecular weight excluding hydrogens is 384 g/mol. The molecule has 0 aromatic heterocycles. The molecule has 1 aromatic carbocycles. The maximum atomic E-state index is 12.9. The second-order valence-corrected chi connectivity index (χ2v) is 9.59. The number of hydrogen-bond acceptors (Lipinski definition) is 6.